The van der Waals surface area contributed by atoms with E-state index in [4.69, 9.17) is 15.2 Å². The van der Waals surface area contributed by atoms with Crippen LogP contribution < -0.4 is 10.5 Å². The highest BCUT2D eigenvalue weighted by Crippen LogP contribution is 2.40. The van der Waals surface area contributed by atoms with Gasteiger partial charge in [0.05, 0.1) is 18.1 Å². The third-order valence-corrected chi connectivity index (χ3v) is 7.61. The van der Waals surface area contributed by atoms with Crippen molar-refractivity contribution in [3.8, 4) is 16.9 Å². The lowest BCUT2D eigenvalue weighted by atomic mass is 9.82. The summed E-state index contributed by atoms with van der Waals surface area (Å²) in [6, 6.07) is 8.47. The summed E-state index contributed by atoms with van der Waals surface area (Å²) in [4.78, 5) is 11.4. The number of morpholine rings is 1. The van der Waals surface area contributed by atoms with Gasteiger partial charge in [-0.25, -0.2) is 9.97 Å². The highest BCUT2D eigenvalue weighted by atomic mass is 16.5. The first-order valence-electron chi connectivity index (χ1n) is 13.2. The van der Waals surface area contributed by atoms with E-state index in [0.29, 0.717) is 23.9 Å². The number of ether oxygens (including phenoxy) is 2. The van der Waals surface area contributed by atoms with Crippen LogP contribution in [-0.2, 0) is 4.74 Å². The molecule has 1 saturated heterocycles. The van der Waals surface area contributed by atoms with E-state index >= 15 is 0 Å². The second-order valence-corrected chi connectivity index (χ2v) is 10.1. The van der Waals surface area contributed by atoms with E-state index in [-0.39, 0.29) is 0 Å². The Morgan fingerprint density at radius 3 is 2.65 bits per heavy atom. The van der Waals surface area contributed by atoms with Gasteiger partial charge in [0.25, 0.3) is 0 Å². The maximum Gasteiger partial charge on any atom is 0.146 e. The molecular weight excluding hydrogens is 462 g/mol. The van der Waals surface area contributed by atoms with E-state index < -0.39 is 0 Å². The third-order valence-electron chi connectivity index (χ3n) is 7.61. The van der Waals surface area contributed by atoms with E-state index in [1.807, 2.05) is 37.3 Å². The maximum atomic E-state index is 6.40. The second-order valence-electron chi connectivity index (χ2n) is 10.1. The van der Waals surface area contributed by atoms with Crippen molar-refractivity contribution in [3.05, 3.63) is 73.4 Å². The predicted molar refractivity (Wildman–Crippen MR) is 149 cm³/mol. The summed E-state index contributed by atoms with van der Waals surface area (Å²) in [5.41, 5.74) is 9.41. The van der Waals surface area contributed by atoms with Crippen molar-refractivity contribution in [1.82, 2.24) is 19.4 Å². The molecule has 1 unspecified atom stereocenters. The maximum absolute atomic E-state index is 6.40. The predicted octanol–water partition coefficient (Wildman–Crippen LogP) is 5.77. The van der Waals surface area contributed by atoms with E-state index in [1.54, 1.807) is 12.4 Å². The average Bonchev–Trinajstić information content (AvgIpc) is 3.31. The van der Waals surface area contributed by atoms with Crippen molar-refractivity contribution < 1.29 is 9.47 Å². The molecule has 2 aromatic heterocycles. The highest BCUT2D eigenvalue weighted by molar-refractivity contribution is 6.00. The Labute approximate surface area is 219 Å². The summed E-state index contributed by atoms with van der Waals surface area (Å²) < 4.78 is 14.5. The molecule has 0 amide bonds. The lowest BCUT2D eigenvalue weighted by molar-refractivity contribution is -0.0599. The number of aromatic nitrogens is 3. The van der Waals surface area contributed by atoms with E-state index in [1.165, 1.54) is 0 Å². The van der Waals surface area contributed by atoms with Crippen LogP contribution in [0.2, 0.25) is 0 Å². The normalized spacial score (nSPS) is 23.5. The van der Waals surface area contributed by atoms with E-state index in [2.05, 4.69) is 51.4 Å². The van der Waals surface area contributed by atoms with Crippen LogP contribution in [0.3, 0.4) is 0 Å². The molecule has 1 aromatic carbocycles. The van der Waals surface area contributed by atoms with Crippen molar-refractivity contribution >= 4 is 16.9 Å². The number of hydrogen-bond donors (Lipinski definition) is 1. The van der Waals surface area contributed by atoms with Gasteiger partial charge in [-0.15, -0.1) is 0 Å². The van der Waals surface area contributed by atoms with Crippen LogP contribution in [0.1, 0.15) is 38.6 Å². The van der Waals surface area contributed by atoms with Gasteiger partial charge in [-0.05, 0) is 75.4 Å². The second kappa shape index (κ2) is 11.3. The van der Waals surface area contributed by atoms with Crippen LogP contribution in [0, 0.1) is 5.92 Å². The molecule has 1 saturated carbocycles. The molecule has 7 heteroatoms. The lowest BCUT2D eigenvalue weighted by Gasteiger charge is -2.38. The molecule has 1 aliphatic heterocycles. The van der Waals surface area contributed by atoms with E-state index in [9.17, 15) is 0 Å². The van der Waals surface area contributed by atoms with Crippen molar-refractivity contribution in [2.45, 2.75) is 44.8 Å². The molecule has 0 spiro atoms. The van der Waals surface area contributed by atoms with Crippen molar-refractivity contribution in [3.63, 3.8) is 0 Å². The molecule has 2 aliphatic rings. The molecule has 1 aliphatic carbocycles. The van der Waals surface area contributed by atoms with Gasteiger partial charge in [0, 0.05) is 30.9 Å². The van der Waals surface area contributed by atoms with Gasteiger partial charge >= 0.3 is 0 Å². The summed E-state index contributed by atoms with van der Waals surface area (Å²) in [5, 5.41) is 0.914. The number of nitrogens with zero attached hydrogens (tertiary/aromatic N) is 4. The van der Waals surface area contributed by atoms with Crippen LogP contribution in [0.5, 0.6) is 5.75 Å². The molecule has 1 atom stereocenters. The molecule has 5 rings (SSSR count). The van der Waals surface area contributed by atoms with Gasteiger partial charge in [0.2, 0.25) is 0 Å². The number of hydrogen-bond acceptors (Lipinski definition) is 6. The minimum Gasteiger partial charge on any atom is -0.457 e. The standard InChI is InChI=1S/C30H37N5O2/c1-4-6-24(7-5-2)37-25-14-10-21(11-15-25)26-18-35(30-28(26)29(31)32-20-33-30)23-12-8-22(9-13-23)27-19-34(3)16-17-36-27/h4-7,10-11,14-15,18,20,22-23,27H,1,8-9,12-13,16-17,19H2,2-3H3,(H2,31,32,33)/b7-5-,24-6+. The van der Waals surface area contributed by atoms with Crippen LogP contribution in [0.4, 0.5) is 5.82 Å². The summed E-state index contributed by atoms with van der Waals surface area (Å²) in [6.45, 7) is 8.63. The molecule has 7 nitrogen and oxygen atoms in total. The number of nitrogen functional groups attached to an aromatic ring is 1. The Balaban J connectivity index is 1.38. The van der Waals surface area contributed by atoms with Gasteiger partial charge in [-0.1, -0.05) is 30.9 Å². The minimum absolute atomic E-state index is 0.352. The van der Waals surface area contributed by atoms with Gasteiger partial charge < -0.3 is 24.7 Å². The molecule has 3 aromatic rings. The molecule has 2 fully saturated rings. The first-order valence-corrected chi connectivity index (χ1v) is 13.2. The molecular formula is C30H37N5O2. The first kappa shape index (κ1) is 25.2. The molecule has 0 bridgehead atoms. The van der Waals surface area contributed by atoms with Gasteiger partial charge in [-0.2, -0.15) is 0 Å². The number of rotatable bonds is 7. The number of benzene rings is 1. The van der Waals surface area contributed by atoms with Gasteiger partial charge in [0.1, 0.15) is 29.3 Å². The fraction of sp³-hybridized carbons (Fsp3) is 0.400. The van der Waals surface area contributed by atoms with Crippen molar-refractivity contribution in [1.29, 1.82) is 0 Å². The minimum atomic E-state index is 0.352. The Hall–Kier alpha value is -3.42. The molecule has 2 N–H and O–H groups in total. The smallest absolute Gasteiger partial charge is 0.146 e. The summed E-state index contributed by atoms with van der Waals surface area (Å²) in [7, 11) is 2.19. The Morgan fingerprint density at radius 2 is 1.95 bits per heavy atom. The number of anilines is 1. The van der Waals surface area contributed by atoms with Crippen LogP contribution in [0.15, 0.2) is 73.4 Å². The zero-order chi connectivity index (χ0) is 25.8. The van der Waals surface area contributed by atoms with Crippen molar-refractivity contribution in [2.24, 2.45) is 5.92 Å². The van der Waals surface area contributed by atoms with Gasteiger partial charge in [-0.3, -0.25) is 0 Å². The van der Waals surface area contributed by atoms with Crippen LogP contribution in [-0.4, -0.2) is 52.3 Å². The molecule has 194 valence electrons. The number of allylic oxidation sites excluding steroid dienone is 4. The monoisotopic (exact) mass is 499 g/mol. The van der Waals surface area contributed by atoms with Crippen molar-refractivity contribution in [2.75, 3.05) is 32.5 Å². The molecule has 37 heavy (non-hydrogen) atoms. The largest absolute Gasteiger partial charge is 0.457 e. The summed E-state index contributed by atoms with van der Waals surface area (Å²) >= 11 is 0. The Kier molecular flexibility index (Phi) is 7.72. The van der Waals surface area contributed by atoms with Crippen LogP contribution >= 0.6 is 0 Å². The van der Waals surface area contributed by atoms with Crippen LogP contribution in [0.25, 0.3) is 22.2 Å². The number of nitrogens with two attached hydrogens (primary N) is 1. The average molecular weight is 500 g/mol. The Morgan fingerprint density at radius 1 is 1.16 bits per heavy atom. The topological polar surface area (TPSA) is 78.4 Å². The lowest BCUT2D eigenvalue weighted by Crippen LogP contribution is -2.44. The number of fused-ring (bicyclic) bond motifs is 1. The zero-order valence-electron chi connectivity index (χ0n) is 21.8. The molecule has 0 radical (unpaired) electrons. The quantitative estimate of drug-likeness (QED) is 0.329. The zero-order valence-corrected chi connectivity index (χ0v) is 21.8. The third kappa shape index (κ3) is 5.48. The first-order chi connectivity index (χ1) is 18.1. The van der Waals surface area contributed by atoms with E-state index in [0.717, 1.165) is 79.0 Å². The summed E-state index contributed by atoms with van der Waals surface area (Å²) in [6.07, 6.45) is 16.1. The highest BCUT2D eigenvalue weighted by Gasteiger charge is 2.32. The fourth-order valence-electron chi connectivity index (χ4n) is 5.70. The SMILES string of the molecule is C=C/C=C(\C=C/C)Oc1ccc(-c2cn(C3CCC(C4CN(C)CCO4)CC3)c3ncnc(N)c23)cc1. The Bertz CT molecular complexity index is 1290. The fourth-order valence-corrected chi connectivity index (χ4v) is 5.70. The van der Waals surface area contributed by atoms with Gasteiger partial charge in [0.15, 0.2) is 0 Å². The number of likely N-dealkylation sites (N-methyl/N-ethyl adjacent to an activating group) is 1. The summed E-state index contributed by atoms with van der Waals surface area (Å²) in [5.74, 6) is 2.63. The molecule has 3 heterocycles.